The van der Waals surface area contributed by atoms with Gasteiger partial charge in [-0.15, -0.1) is 0 Å². The number of para-hydroxylation sites is 1. The number of benzene rings is 8. The van der Waals surface area contributed by atoms with Crippen molar-refractivity contribution < 1.29 is 4.42 Å². The Morgan fingerprint density at radius 1 is 0.323 bits per heavy atom. The number of hydrogen-bond donors (Lipinski definition) is 0. The molecule has 0 amide bonds. The first kappa shape index (κ1) is 35.5. The van der Waals surface area contributed by atoms with E-state index < -0.39 is 0 Å². The molecule has 0 aliphatic carbocycles. The molecule has 290 valence electrons. The molecule has 0 fully saturated rings. The summed E-state index contributed by atoms with van der Waals surface area (Å²) in [5, 5.41) is 9.87. The van der Waals surface area contributed by atoms with Gasteiger partial charge in [0.05, 0.1) is 11.2 Å². The molecular weight excluding hydrogens is 759 g/mol. The molecule has 4 heterocycles. The molecule has 6 nitrogen and oxygen atoms in total. The van der Waals surface area contributed by atoms with Crippen LogP contribution in [0.2, 0.25) is 0 Å². The molecule has 62 heavy (non-hydrogen) atoms. The first-order valence-electron chi connectivity index (χ1n) is 20.7. The standard InChI is InChI=1S/C56H35N5O/c1-5-17-36(18-6-1)50-51(38-19-7-2-8-20-38)60-61-52(39-21-9-3-10-22-39)49(44-26-13-14-27-45(44)53(50)61)37-29-31-41(32-30-37)55-57-54(40-23-11-4-12-24-40)58-56(59-55)42-33-34-48-46(35-42)43-25-15-16-28-47(43)62-48/h1-35H. The molecule has 0 N–H and O–H groups in total. The lowest BCUT2D eigenvalue weighted by Gasteiger charge is -2.18. The predicted molar refractivity (Wildman–Crippen MR) is 251 cm³/mol. The maximum absolute atomic E-state index is 6.15. The molecule has 0 atom stereocenters. The minimum atomic E-state index is 0.591. The Bertz CT molecular complexity index is 3600. The van der Waals surface area contributed by atoms with Crippen LogP contribution in [0.1, 0.15) is 0 Å². The van der Waals surface area contributed by atoms with Crippen molar-refractivity contribution in [1.29, 1.82) is 0 Å². The maximum Gasteiger partial charge on any atom is 0.164 e. The lowest BCUT2D eigenvalue weighted by molar-refractivity contribution is 0.669. The lowest BCUT2D eigenvalue weighted by Crippen LogP contribution is -2.01. The molecule has 0 aliphatic rings. The first-order chi connectivity index (χ1) is 30.7. The summed E-state index contributed by atoms with van der Waals surface area (Å²) in [6.45, 7) is 0. The highest BCUT2D eigenvalue weighted by Crippen LogP contribution is 2.46. The van der Waals surface area contributed by atoms with Crippen LogP contribution in [0.15, 0.2) is 217 Å². The summed E-state index contributed by atoms with van der Waals surface area (Å²) < 4.78 is 8.33. The third-order valence-corrected chi connectivity index (χ3v) is 11.7. The summed E-state index contributed by atoms with van der Waals surface area (Å²) in [6.07, 6.45) is 0. The molecule has 0 aliphatic heterocycles. The van der Waals surface area contributed by atoms with E-state index in [0.717, 1.165) is 99.7 Å². The molecule has 0 unspecified atom stereocenters. The summed E-state index contributed by atoms with van der Waals surface area (Å²) in [7, 11) is 0. The molecule has 4 aromatic heterocycles. The largest absolute Gasteiger partial charge is 0.456 e. The van der Waals surface area contributed by atoms with Gasteiger partial charge in [-0.2, -0.15) is 5.10 Å². The van der Waals surface area contributed by atoms with Crippen LogP contribution in [0.5, 0.6) is 0 Å². The van der Waals surface area contributed by atoms with Crippen molar-refractivity contribution in [1.82, 2.24) is 24.6 Å². The Kier molecular flexibility index (Phi) is 8.38. The second-order valence-electron chi connectivity index (χ2n) is 15.4. The van der Waals surface area contributed by atoms with Crippen molar-refractivity contribution in [3.05, 3.63) is 212 Å². The van der Waals surface area contributed by atoms with Crippen LogP contribution >= 0.6 is 0 Å². The molecule has 0 spiro atoms. The van der Waals surface area contributed by atoms with Crippen LogP contribution in [0.4, 0.5) is 0 Å². The topological polar surface area (TPSA) is 69.1 Å². The zero-order valence-electron chi connectivity index (χ0n) is 33.4. The van der Waals surface area contributed by atoms with Crippen LogP contribution in [0, 0.1) is 0 Å². The fourth-order valence-corrected chi connectivity index (χ4v) is 8.80. The Balaban J connectivity index is 1.07. The summed E-state index contributed by atoms with van der Waals surface area (Å²) in [4.78, 5) is 15.2. The van der Waals surface area contributed by atoms with E-state index in [0.29, 0.717) is 17.5 Å². The Morgan fingerprint density at radius 3 is 1.44 bits per heavy atom. The molecule has 12 aromatic rings. The van der Waals surface area contributed by atoms with Crippen molar-refractivity contribution >= 4 is 38.2 Å². The molecule has 12 rings (SSSR count). The number of aromatic nitrogens is 5. The van der Waals surface area contributed by atoms with Crippen molar-refractivity contribution in [2.45, 2.75) is 0 Å². The van der Waals surface area contributed by atoms with Gasteiger partial charge in [0, 0.05) is 55.1 Å². The number of furan rings is 1. The number of hydrogen-bond acceptors (Lipinski definition) is 5. The van der Waals surface area contributed by atoms with Gasteiger partial charge < -0.3 is 4.42 Å². The highest BCUT2D eigenvalue weighted by Gasteiger charge is 2.25. The molecule has 0 bridgehead atoms. The first-order valence-corrected chi connectivity index (χ1v) is 20.7. The smallest absolute Gasteiger partial charge is 0.164 e. The zero-order valence-corrected chi connectivity index (χ0v) is 33.4. The van der Waals surface area contributed by atoms with E-state index in [-0.39, 0.29) is 0 Å². The van der Waals surface area contributed by atoms with Crippen LogP contribution in [-0.2, 0) is 0 Å². The molecule has 8 aromatic carbocycles. The van der Waals surface area contributed by atoms with Gasteiger partial charge in [0.1, 0.15) is 16.9 Å². The van der Waals surface area contributed by atoms with E-state index in [2.05, 4.69) is 156 Å². The minimum Gasteiger partial charge on any atom is -0.456 e. The van der Waals surface area contributed by atoms with Gasteiger partial charge in [0.15, 0.2) is 17.5 Å². The van der Waals surface area contributed by atoms with Gasteiger partial charge in [0.2, 0.25) is 0 Å². The third-order valence-electron chi connectivity index (χ3n) is 11.7. The summed E-state index contributed by atoms with van der Waals surface area (Å²) in [5.74, 6) is 1.79. The highest BCUT2D eigenvalue weighted by molar-refractivity contribution is 6.15. The lowest BCUT2D eigenvalue weighted by atomic mass is 9.91. The van der Waals surface area contributed by atoms with Gasteiger partial charge in [-0.25, -0.2) is 19.5 Å². The van der Waals surface area contributed by atoms with Gasteiger partial charge in [-0.05, 0) is 40.8 Å². The fraction of sp³-hybridized carbons (Fsp3) is 0. The van der Waals surface area contributed by atoms with Gasteiger partial charge in [-0.3, -0.25) is 0 Å². The normalized spacial score (nSPS) is 11.5. The van der Waals surface area contributed by atoms with E-state index >= 15 is 0 Å². The monoisotopic (exact) mass is 793 g/mol. The second kappa shape index (κ2) is 14.7. The molecule has 6 heteroatoms. The number of pyridine rings is 1. The van der Waals surface area contributed by atoms with Crippen LogP contribution < -0.4 is 0 Å². The van der Waals surface area contributed by atoms with Crippen LogP contribution in [0.25, 0.3) is 117 Å². The SMILES string of the molecule is c1ccc(-c2nc(-c3ccc(-c4c(-c5ccccc5)n5nc(-c6ccccc6)c(-c6ccccc6)c5c5ccccc45)cc3)nc(-c3ccc4oc5ccccc5c4c3)n2)cc1. The molecule has 0 saturated heterocycles. The average Bonchev–Trinajstić information content (AvgIpc) is 3.94. The van der Waals surface area contributed by atoms with E-state index in [1.807, 2.05) is 60.7 Å². The van der Waals surface area contributed by atoms with E-state index in [1.54, 1.807) is 0 Å². The quantitative estimate of drug-likeness (QED) is 0.161. The van der Waals surface area contributed by atoms with E-state index in [9.17, 15) is 0 Å². The zero-order chi connectivity index (χ0) is 41.0. The number of rotatable bonds is 7. The Morgan fingerprint density at radius 2 is 0.774 bits per heavy atom. The van der Waals surface area contributed by atoms with Crippen molar-refractivity contribution in [2.75, 3.05) is 0 Å². The van der Waals surface area contributed by atoms with Crippen molar-refractivity contribution in [2.24, 2.45) is 0 Å². The van der Waals surface area contributed by atoms with Crippen molar-refractivity contribution in [3.8, 4) is 78.9 Å². The third kappa shape index (κ3) is 5.96. The Labute approximate surface area is 357 Å². The van der Waals surface area contributed by atoms with Crippen LogP contribution in [-0.4, -0.2) is 24.6 Å². The van der Waals surface area contributed by atoms with E-state index in [4.69, 9.17) is 24.5 Å². The molecule has 0 saturated carbocycles. The fourth-order valence-electron chi connectivity index (χ4n) is 8.80. The van der Waals surface area contributed by atoms with Gasteiger partial charge >= 0.3 is 0 Å². The van der Waals surface area contributed by atoms with Gasteiger partial charge in [0.25, 0.3) is 0 Å². The highest BCUT2D eigenvalue weighted by atomic mass is 16.3. The summed E-state index contributed by atoms with van der Waals surface area (Å²) in [5.41, 5.74) is 13.9. The number of nitrogens with zero attached hydrogens (tertiary/aromatic N) is 5. The van der Waals surface area contributed by atoms with Crippen LogP contribution in [0.3, 0.4) is 0 Å². The van der Waals surface area contributed by atoms with Gasteiger partial charge in [-0.1, -0.05) is 188 Å². The van der Waals surface area contributed by atoms with E-state index in [1.165, 1.54) is 0 Å². The predicted octanol–water partition coefficient (Wildman–Crippen LogP) is 14.2. The second-order valence-corrected chi connectivity index (χ2v) is 15.4. The summed E-state index contributed by atoms with van der Waals surface area (Å²) >= 11 is 0. The number of fused-ring (bicyclic) bond motifs is 6. The molecular formula is C56H35N5O. The molecule has 0 radical (unpaired) electrons. The average molecular weight is 794 g/mol. The maximum atomic E-state index is 6.15. The minimum absolute atomic E-state index is 0.591. The Hall–Kier alpha value is -8.48. The van der Waals surface area contributed by atoms with Crippen molar-refractivity contribution in [3.63, 3.8) is 0 Å². The summed E-state index contributed by atoms with van der Waals surface area (Å²) in [6, 6.07) is 73.4.